The van der Waals surface area contributed by atoms with Crippen LogP contribution in [0.2, 0.25) is 0 Å². The average Bonchev–Trinajstić information content (AvgIpc) is 2.30. The van der Waals surface area contributed by atoms with Gasteiger partial charge >= 0.3 is 0 Å². The van der Waals surface area contributed by atoms with Crippen LogP contribution in [0.25, 0.3) is 0 Å². The van der Waals surface area contributed by atoms with Crippen molar-refractivity contribution in [2.24, 2.45) is 0 Å². The van der Waals surface area contributed by atoms with Crippen LogP contribution in [0.5, 0.6) is 11.5 Å². The van der Waals surface area contributed by atoms with Gasteiger partial charge in [-0.2, -0.15) is 0 Å². The summed E-state index contributed by atoms with van der Waals surface area (Å²) >= 11 is 0. The number of ether oxygens (including phenoxy) is 2. The first-order valence-corrected chi connectivity index (χ1v) is 4.99. The summed E-state index contributed by atoms with van der Waals surface area (Å²) in [7, 11) is 1.54. The fourth-order valence-corrected chi connectivity index (χ4v) is 1.70. The summed E-state index contributed by atoms with van der Waals surface area (Å²) in [6.45, 7) is 2.24. The number of benzene rings is 1. The molecule has 0 bridgehead atoms. The van der Waals surface area contributed by atoms with Gasteiger partial charge in [-0.15, -0.1) is 0 Å². The molecule has 1 heterocycles. The van der Waals surface area contributed by atoms with Crippen molar-refractivity contribution in [3.63, 3.8) is 0 Å². The van der Waals surface area contributed by atoms with E-state index in [2.05, 4.69) is 5.32 Å². The van der Waals surface area contributed by atoms with Gasteiger partial charge in [-0.25, -0.2) is 0 Å². The molecule has 1 fully saturated rings. The molecule has 1 aliphatic rings. The lowest BCUT2D eigenvalue weighted by atomic mass is 10.1. The van der Waals surface area contributed by atoms with E-state index in [1.165, 1.54) is 7.11 Å². The second-order valence-electron chi connectivity index (χ2n) is 3.51. The summed E-state index contributed by atoms with van der Waals surface area (Å²) in [5, 5.41) is 13.0. The van der Waals surface area contributed by atoms with Gasteiger partial charge in [0.1, 0.15) is 0 Å². The molecular weight excluding hydrogens is 194 g/mol. The fourth-order valence-electron chi connectivity index (χ4n) is 1.70. The Hall–Kier alpha value is -1.26. The Labute approximate surface area is 88.8 Å². The van der Waals surface area contributed by atoms with Gasteiger partial charge in [-0.05, 0) is 17.7 Å². The average molecular weight is 209 g/mol. The predicted molar refractivity (Wildman–Crippen MR) is 56.2 cm³/mol. The highest BCUT2D eigenvalue weighted by molar-refractivity contribution is 5.42. The Morgan fingerprint density at radius 3 is 3.00 bits per heavy atom. The van der Waals surface area contributed by atoms with Crippen LogP contribution in [0.1, 0.15) is 11.6 Å². The van der Waals surface area contributed by atoms with Gasteiger partial charge in [0, 0.05) is 6.54 Å². The van der Waals surface area contributed by atoms with E-state index in [9.17, 15) is 5.11 Å². The van der Waals surface area contributed by atoms with Crippen molar-refractivity contribution >= 4 is 0 Å². The number of rotatable bonds is 2. The first-order valence-electron chi connectivity index (χ1n) is 4.99. The molecule has 1 aromatic rings. The zero-order valence-corrected chi connectivity index (χ0v) is 8.69. The number of methoxy groups -OCH3 is 1. The van der Waals surface area contributed by atoms with E-state index in [-0.39, 0.29) is 11.8 Å². The maximum Gasteiger partial charge on any atom is 0.160 e. The standard InChI is InChI=1S/C11H15NO3/c1-14-11-3-2-8(6-10(11)13)9-7-15-5-4-12-9/h2-3,6,9,12-13H,4-5,7H2,1H3. The third-order valence-corrected chi connectivity index (χ3v) is 2.53. The number of aromatic hydroxyl groups is 1. The molecule has 4 nitrogen and oxygen atoms in total. The minimum atomic E-state index is 0.163. The van der Waals surface area contributed by atoms with Crippen LogP contribution in [0, 0.1) is 0 Å². The number of phenolic OH excluding ortho intramolecular Hbond substituents is 1. The second-order valence-corrected chi connectivity index (χ2v) is 3.51. The van der Waals surface area contributed by atoms with Crippen LogP contribution in [-0.2, 0) is 4.74 Å². The van der Waals surface area contributed by atoms with Crippen molar-refractivity contribution in [2.45, 2.75) is 6.04 Å². The molecule has 1 atom stereocenters. The first kappa shape index (κ1) is 10.3. The van der Waals surface area contributed by atoms with Gasteiger partial charge in [0.2, 0.25) is 0 Å². The molecule has 0 aliphatic carbocycles. The van der Waals surface area contributed by atoms with E-state index in [4.69, 9.17) is 9.47 Å². The highest BCUT2D eigenvalue weighted by atomic mass is 16.5. The van der Waals surface area contributed by atoms with E-state index in [1.54, 1.807) is 12.1 Å². The molecule has 0 aromatic heterocycles. The molecule has 0 spiro atoms. The van der Waals surface area contributed by atoms with Crippen LogP contribution >= 0.6 is 0 Å². The van der Waals surface area contributed by atoms with Crippen LogP contribution in [0.3, 0.4) is 0 Å². The monoisotopic (exact) mass is 209 g/mol. The normalized spacial score (nSPS) is 21.3. The molecule has 1 aromatic carbocycles. The van der Waals surface area contributed by atoms with E-state index in [0.717, 1.165) is 18.7 Å². The predicted octanol–water partition coefficient (Wildman–Crippen LogP) is 1.06. The van der Waals surface area contributed by atoms with Crippen LogP contribution < -0.4 is 10.1 Å². The largest absolute Gasteiger partial charge is 0.504 e. The molecule has 0 saturated carbocycles. The Morgan fingerprint density at radius 1 is 1.53 bits per heavy atom. The molecule has 2 N–H and O–H groups in total. The molecule has 15 heavy (non-hydrogen) atoms. The fraction of sp³-hybridized carbons (Fsp3) is 0.455. The third-order valence-electron chi connectivity index (χ3n) is 2.53. The van der Waals surface area contributed by atoms with E-state index in [0.29, 0.717) is 12.4 Å². The third kappa shape index (κ3) is 2.22. The van der Waals surface area contributed by atoms with Crippen molar-refractivity contribution in [3.8, 4) is 11.5 Å². The number of morpholine rings is 1. The van der Waals surface area contributed by atoms with Gasteiger partial charge in [0.15, 0.2) is 11.5 Å². The summed E-state index contributed by atoms with van der Waals surface area (Å²) in [6, 6.07) is 5.58. The topological polar surface area (TPSA) is 50.7 Å². The number of nitrogens with one attached hydrogen (secondary N) is 1. The lowest BCUT2D eigenvalue weighted by Gasteiger charge is -2.24. The SMILES string of the molecule is COc1ccc(C2COCCN2)cc1O. The van der Waals surface area contributed by atoms with Crippen molar-refractivity contribution in [2.75, 3.05) is 26.9 Å². The summed E-state index contributed by atoms with van der Waals surface area (Å²) in [6.07, 6.45) is 0. The lowest BCUT2D eigenvalue weighted by molar-refractivity contribution is 0.0768. The molecule has 2 rings (SSSR count). The number of hydrogen-bond acceptors (Lipinski definition) is 4. The van der Waals surface area contributed by atoms with Gasteiger partial charge in [0.25, 0.3) is 0 Å². The zero-order chi connectivity index (χ0) is 10.7. The zero-order valence-electron chi connectivity index (χ0n) is 8.69. The summed E-state index contributed by atoms with van der Waals surface area (Å²) in [5.41, 5.74) is 1.02. The van der Waals surface area contributed by atoms with Crippen molar-refractivity contribution in [1.29, 1.82) is 0 Å². The summed E-state index contributed by atoms with van der Waals surface area (Å²) < 4.78 is 10.3. The van der Waals surface area contributed by atoms with Crippen LogP contribution in [0.4, 0.5) is 0 Å². The molecule has 1 aliphatic heterocycles. The summed E-state index contributed by atoms with van der Waals surface area (Å²) in [5.74, 6) is 0.665. The number of hydrogen-bond donors (Lipinski definition) is 2. The minimum absolute atomic E-state index is 0.163. The van der Waals surface area contributed by atoms with Crippen LogP contribution in [-0.4, -0.2) is 32.0 Å². The van der Waals surface area contributed by atoms with Crippen molar-refractivity contribution < 1.29 is 14.6 Å². The Kier molecular flexibility index (Phi) is 3.08. The maximum atomic E-state index is 9.63. The number of phenols is 1. The minimum Gasteiger partial charge on any atom is -0.504 e. The van der Waals surface area contributed by atoms with Gasteiger partial charge < -0.3 is 19.9 Å². The van der Waals surface area contributed by atoms with E-state index < -0.39 is 0 Å². The Balaban J connectivity index is 2.17. The van der Waals surface area contributed by atoms with Crippen molar-refractivity contribution in [3.05, 3.63) is 23.8 Å². The molecule has 0 radical (unpaired) electrons. The smallest absolute Gasteiger partial charge is 0.160 e. The highest BCUT2D eigenvalue weighted by Crippen LogP contribution is 2.29. The molecule has 82 valence electrons. The quantitative estimate of drug-likeness (QED) is 0.764. The van der Waals surface area contributed by atoms with Crippen molar-refractivity contribution in [1.82, 2.24) is 5.32 Å². The molecular formula is C11H15NO3. The van der Waals surface area contributed by atoms with Gasteiger partial charge in [0.05, 0.1) is 26.4 Å². The van der Waals surface area contributed by atoms with Crippen LogP contribution in [0.15, 0.2) is 18.2 Å². The van der Waals surface area contributed by atoms with Gasteiger partial charge in [-0.3, -0.25) is 0 Å². The molecule has 0 amide bonds. The van der Waals surface area contributed by atoms with Gasteiger partial charge in [-0.1, -0.05) is 6.07 Å². The van der Waals surface area contributed by atoms with E-state index in [1.807, 2.05) is 6.07 Å². The lowest BCUT2D eigenvalue weighted by Crippen LogP contribution is -2.34. The Bertz CT molecular complexity index is 335. The summed E-state index contributed by atoms with van der Waals surface area (Å²) in [4.78, 5) is 0. The Morgan fingerprint density at radius 2 is 2.40 bits per heavy atom. The highest BCUT2D eigenvalue weighted by Gasteiger charge is 2.16. The molecule has 1 saturated heterocycles. The molecule has 1 unspecified atom stereocenters. The maximum absolute atomic E-state index is 9.63. The van der Waals surface area contributed by atoms with E-state index >= 15 is 0 Å². The molecule has 4 heteroatoms. The first-order chi connectivity index (χ1) is 7.31. The second kappa shape index (κ2) is 4.51.